The van der Waals surface area contributed by atoms with Crippen LogP contribution in [0.25, 0.3) is 0 Å². The van der Waals surface area contributed by atoms with Crippen molar-refractivity contribution in [1.82, 2.24) is 10.2 Å². The van der Waals surface area contributed by atoms with Gasteiger partial charge in [0.2, 0.25) is 11.8 Å². The Balaban J connectivity index is 1.71. The van der Waals surface area contributed by atoms with E-state index >= 15 is 0 Å². The highest BCUT2D eigenvalue weighted by Crippen LogP contribution is 2.29. The lowest BCUT2D eigenvalue weighted by Gasteiger charge is -2.33. The second kappa shape index (κ2) is 12.9. The first-order valence-electron chi connectivity index (χ1n) is 14.0. The molecule has 1 aliphatic rings. The van der Waals surface area contributed by atoms with E-state index in [-0.39, 0.29) is 23.4 Å². The molecule has 0 radical (unpaired) electrons. The van der Waals surface area contributed by atoms with Crippen molar-refractivity contribution < 1.29 is 22.4 Å². The maximum Gasteiger partial charge on any atom is 0.264 e. The van der Waals surface area contributed by atoms with Crippen molar-refractivity contribution in [3.05, 3.63) is 94.8 Å². The summed E-state index contributed by atoms with van der Waals surface area (Å²) in [4.78, 5) is 28.8. The number of hydrogen-bond donors (Lipinski definition) is 1. The maximum absolute atomic E-state index is 14.1. The molecule has 0 aromatic heterocycles. The van der Waals surface area contributed by atoms with E-state index in [9.17, 15) is 22.4 Å². The average molecular weight is 580 g/mol. The van der Waals surface area contributed by atoms with Crippen LogP contribution >= 0.6 is 0 Å². The van der Waals surface area contributed by atoms with Crippen LogP contribution in [0, 0.1) is 26.6 Å². The number of carbonyl (C=O) groups excluding carboxylic acids is 2. The smallest absolute Gasteiger partial charge is 0.264 e. The van der Waals surface area contributed by atoms with Gasteiger partial charge in [-0.3, -0.25) is 13.9 Å². The van der Waals surface area contributed by atoms with E-state index in [0.717, 1.165) is 41.1 Å². The molecule has 3 aromatic rings. The molecule has 1 unspecified atom stereocenters. The van der Waals surface area contributed by atoms with Gasteiger partial charge in [-0.15, -0.1) is 0 Å². The molecule has 41 heavy (non-hydrogen) atoms. The van der Waals surface area contributed by atoms with E-state index in [1.807, 2.05) is 26.0 Å². The minimum Gasteiger partial charge on any atom is -0.352 e. The fourth-order valence-corrected chi connectivity index (χ4v) is 6.57. The Kier molecular flexibility index (Phi) is 9.48. The predicted octanol–water partition coefficient (Wildman–Crippen LogP) is 5.42. The maximum atomic E-state index is 14.1. The van der Waals surface area contributed by atoms with E-state index in [1.54, 1.807) is 44.2 Å². The number of nitrogens with zero attached hydrogens (tertiary/aromatic N) is 2. The molecule has 4 rings (SSSR count). The summed E-state index contributed by atoms with van der Waals surface area (Å²) in [6.07, 6.45) is 3.86. The van der Waals surface area contributed by atoms with Crippen molar-refractivity contribution in [2.24, 2.45) is 0 Å². The van der Waals surface area contributed by atoms with Gasteiger partial charge in [-0.05, 0) is 87.6 Å². The Morgan fingerprint density at radius 2 is 1.54 bits per heavy atom. The molecule has 0 bridgehead atoms. The molecule has 0 spiro atoms. The summed E-state index contributed by atoms with van der Waals surface area (Å²) in [6, 6.07) is 16.8. The first-order chi connectivity index (χ1) is 19.5. The van der Waals surface area contributed by atoms with Gasteiger partial charge in [0.25, 0.3) is 10.0 Å². The lowest BCUT2D eigenvalue weighted by Crippen LogP contribution is -2.52. The van der Waals surface area contributed by atoms with Gasteiger partial charge >= 0.3 is 0 Å². The number of nitrogens with one attached hydrogen (secondary N) is 1. The van der Waals surface area contributed by atoms with E-state index in [4.69, 9.17) is 0 Å². The molecule has 0 aliphatic heterocycles. The van der Waals surface area contributed by atoms with Gasteiger partial charge in [0.15, 0.2) is 0 Å². The third kappa shape index (κ3) is 7.33. The largest absolute Gasteiger partial charge is 0.352 e. The van der Waals surface area contributed by atoms with Crippen LogP contribution < -0.4 is 9.62 Å². The average Bonchev–Trinajstić information content (AvgIpc) is 3.45. The molecular formula is C32H38FN3O4S. The second-order valence-electron chi connectivity index (χ2n) is 10.9. The third-order valence-corrected chi connectivity index (χ3v) is 9.43. The topological polar surface area (TPSA) is 86.8 Å². The predicted molar refractivity (Wildman–Crippen MR) is 158 cm³/mol. The zero-order valence-corrected chi connectivity index (χ0v) is 24.9. The van der Waals surface area contributed by atoms with Gasteiger partial charge in [0.05, 0.1) is 10.6 Å². The zero-order valence-electron chi connectivity index (χ0n) is 24.1. The normalized spacial score (nSPS) is 14.5. The molecule has 1 atom stereocenters. The minimum atomic E-state index is -4.15. The van der Waals surface area contributed by atoms with E-state index in [2.05, 4.69) is 5.32 Å². The Morgan fingerprint density at radius 1 is 0.927 bits per heavy atom. The highest BCUT2D eigenvalue weighted by atomic mass is 32.2. The van der Waals surface area contributed by atoms with Crippen LogP contribution in [0.3, 0.4) is 0 Å². The van der Waals surface area contributed by atoms with Crippen molar-refractivity contribution in [1.29, 1.82) is 0 Å². The van der Waals surface area contributed by atoms with Crippen molar-refractivity contribution in [3.8, 4) is 0 Å². The van der Waals surface area contributed by atoms with Crippen LogP contribution in [0.5, 0.6) is 0 Å². The van der Waals surface area contributed by atoms with Gasteiger partial charge in [0, 0.05) is 12.6 Å². The molecule has 1 saturated carbocycles. The molecule has 1 aliphatic carbocycles. The summed E-state index contributed by atoms with van der Waals surface area (Å²) in [6.45, 7) is 6.67. The molecular weight excluding hydrogens is 541 g/mol. The molecule has 1 N–H and O–H groups in total. The van der Waals surface area contributed by atoms with E-state index in [1.165, 1.54) is 29.2 Å². The summed E-state index contributed by atoms with van der Waals surface area (Å²) in [7, 11) is -4.15. The summed E-state index contributed by atoms with van der Waals surface area (Å²) in [5, 5.41) is 3.05. The summed E-state index contributed by atoms with van der Waals surface area (Å²) in [5.41, 5.74) is 3.46. The lowest BCUT2D eigenvalue weighted by atomic mass is 10.1. The van der Waals surface area contributed by atoms with Crippen LogP contribution in [0.4, 0.5) is 10.1 Å². The van der Waals surface area contributed by atoms with Crippen LogP contribution in [0.2, 0.25) is 0 Å². The Labute approximate surface area is 242 Å². The van der Waals surface area contributed by atoms with E-state index < -0.39 is 34.3 Å². The first kappa shape index (κ1) is 30.2. The van der Waals surface area contributed by atoms with Crippen LogP contribution in [0.1, 0.15) is 54.9 Å². The molecule has 2 amide bonds. The Bertz CT molecular complexity index is 1480. The van der Waals surface area contributed by atoms with Crippen molar-refractivity contribution in [2.45, 2.75) is 76.9 Å². The van der Waals surface area contributed by atoms with Crippen LogP contribution in [-0.4, -0.2) is 43.8 Å². The van der Waals surface area contributed by atoms with Gasteiger partial charge in [-0.1, -0.05) is 54.8 Å². The van der Waals surface area contributed by atoms with Gasteiger partial charge in [0.1, 0.15) is 18.4 Å². The fraction of sp³-hybridized carbons (Fsp3) is 0.375. The number of halogens is 1. The SMILES string of the molecule is Cc1ccc(S(=O)(=O)N(CC(=O)N(Cc2ccc(F)cc2)C(C)C(=O)NC2CCCC2)c2cc(C)ccc2C)cc1. The highest BCUT2D eigenvalue weighted by Gasteiger charge is 2.34. The quantitative estimate of drug-likeness (QED) is 0.348. The number of sulfonamides is 1. The molecule has 7 nitrogen and oxygen atoms in total. The number of anilines is 1. The monoisotopic (exact) mass is 579 g/mol. The van der Waals surface area contributed by atoms with Gasteiger partial charge in [-0.25, -0.2) is 12.8 Å². The number of carbonyl (C=O) groups is 2. The fourth-order valence-electron chi connectivity index (χ4n) is 5.10. The number of rotatable bonds is 10. The molecule has 3 aromatic carbocycles. The van der Waals surface area contributed by atoms with E-state index in [0.29, 0.717) is 16.8 Å². The Hall–Kier alpha value is -3.72. The van der Waals surface area contributed by atoms with Crippen molar-refractivity contribution in [3.63, 3.8) is 0 Å². The highest BCUT2D eigenvalue weighted by molar-refractivity contribution is 7.92. The molecule has 9 heteroatoms. The van der Waals surface area contributed by atoms with Crippen molar-refractivity contribution >= 4 is 27.5 Å². The molecule has 0 heterocycles. The zero-order chi connectivity index (χ0) is 29.7. The van der Waals surface area contributed by atoms with Crippen LogP contribution in [0.15, 0.2) is 71.6 Å². The second-order valence-corrected chi connectivity index (χ2v) is 12.8. The number of aryl methyl sites for hydroxylation is 3. The standard InChI is InChI=1S/C32H38FN3O4S/c1-22-10-17-29(18-11-22)41(39,40)36(30-19-23(2)9-12-24(30)3)21-31(37)35(20-26-13-15-27(33)16-14-26)25(4)32(38)34-28-7-5-6-8-28/h9-19,25,28H,5-8,20-21H2,1-4H3,(H,34,38). The van der Waals surface area contributed by atoms with Crippen molar-refractivity contribution in [2.75, 3.05) is 10.8 Å². The summed E-state index contributed by atoms with van der Waals surface area (Å²) in [5.74, 6) is -1.25. The number of benzene rings is 3. The molecule has 218 valence electrons. The summed E-state index contributed by atoms with van der Waals surface area (Å²) >= 11 is 0. The third-order valence-electron chi connectivity index (χ3n) is 7.66. The Morgan fingerprint density at radius 3 is 2.17 bits per heavy atom. The lowest BCUT2D eigenvalue weighted by molar-refractivity contribution is -0.139. The van der Waals surface area contributed by atoms with Crippen LogP contribution in [-0.2, 0) is 26.2 Å². The number of amides is 2. The first-order valence-corrected chi connectivity index (χ1v) is 15.4. The molecule has 1 fully saturated rings. The minimum absolute atomic E-state index is 0.0174. The van der Waals surface area contributed by atoms with Gasteiger partial charge in [-0.2, -0.15) is 0 Å². The summed E-state index contributed by atoms with van der Waals surface area (Å²) < 4.78 is 42.8. The molecule has 0 saturated heterocycles. The number of hydrogen-bond acceptors (Lipinski definition) is 4. The van der Waals surface area contributed by atoms with Gasteiger partial charge < -0.3 is 10.2 Å².